The van der Waals surface area contributed by atoms with Crippen LogP contribution in [0, 0.1) is 35.0 Å². The Morgan fingerprint density at radius 3 is 2.26 bits per heavy atom. The van der Waals surface area contributed by atoms with E-state index in [0.29, 0.717) is 5.92 Å². The van der Waals surface area contributed by atoms with E-state index in [4.69, 9.17) is 4.98 Å². The highest BCUT2D eigenvalue weighted by Gasteiger charge is 2.49. The van der Waals surface area contributed by atoms with Crippen molar-refractivity contribution in [1.82, 2.24) is 4.98 Å². The Morgan fingerprint density at radius 1 is 1.16 bits per heavy atom. The number of aromatic nitrogens is 1. The molecule has 19 heavy (non-hydrogen) atoms. The normalized spacial score (nSPS) is 39.5. The SMILES string of the molecule is CCc1nc(C2C3CC4CC(C3)CC2C4)sc1C#N. The van der Waals surface area contributed by atoms with E-state index in [1.165, 1.54) is 37.1 Å². The van der Waals surface area contributed by atoms with Crippen LogP contribution in [-0.2, 0) is 6.42 Å². The molecular weight excluding hydrogens is 252 g/mol. The van der Waals surface area contributed by atoms with Crippen molar-refractivity contribution in [3.05, 3.63) is 15.6 Å². The highest BCUT2D eigenvalue weighted by Crippen LogP contribution is 2.60. The van der Waals surface area contributed by atoms with Crippen LogP contribution in [0.25, 0.3) is 0 Å². The highest BCUT2D eigenvalue weighted by molar-refractivity contribution is 7.12. The lowest BCUT2D eigenvalue weighted by Crippen LogP contribution is -2.43. The van der Waals surface area contributed by atoms with Crippen LogP contribution in [-0.4, -0.2) is 4.98 Å². The minimum absolute atomic E-state index is 0.685. The lowest BCUT2D eigenvalue weighted by Gasteiger charge is -2.53. The van der Waals surface area contributed by atoms with Crippen LogP contribution in [0.2, 0.25) is 0 Å². The molecule has 4 fully saturated rings. The van der Waals surface area contributed by atoms with Gasteiger partial charge in [0, 0.05) is 5.92 Å². The van der Waals surface area contributed by atoms with Crippen LogP contribution in [0.4, 0.5) is 0 Å². The van der Waals surface area contributed by atoms with Gasteiger partial charge in [-0.1, -0.05) is 6.92 Å². The number of hydrogen-bond acceptors (Lipinski definition) is 3. The van der Waals surface area contributed by atoms with Crippen LogP contribution in [0.5, 0.6) is 0 Å². The quantitative estimate of drug-likeness (QED) is 0.812. The summed E-state index contributed by atoms with van der Waals surface area (Å²) in [6.45, 7) is 2.11. The fraction of sp³-hybridized carbons (Fsp3) is 0.750. The Labute approximate surface area is 118 Å². The summed E-state index contributed by atoms with van der Waals surface area (Å²) in [5, 5.41) is 10.5. The third-order valence-corrected chi connectivity index (χ3v) is 6.77. The summed E-state index contributed by atoms with van der Waals surface area (Å²) in [7, 11) is 0. The van der Waals surface area contributed by atoms with Crippen molar-refractivity contribution >= 4 is 11.3 Å². The molecule has 0 unspecified atom stereocenters. The van der Waals surface area contributed by atoms with Gasteiger partial charge in [0.05, 0.1) is 10.7 Å². The summed E-state index contributed by atoms with van der Waals surface area (Å²) in [6, 6.07) is 2.35. The molecule has 0 N–H and O–H groups in total. The van der Waals surface area contributed by atoms with Crippen molar-refractivity contribution in [2.75, 3.05) is 0 Å². The first-order valence-electron chi connectivity index (χ1n) is 7.68. The van der Waals surface area contributed by atoms with Gasteiger partial charge < -0.3 is 0 Å². The number of nitriles is 1. The van der Waals surface area contributed by atoms with Gasteiger partial charge in [0.1, 0.15) is 10.9 Å². The second-order valence-corrected chi connectivity index (χ2v) is 7.78. The van der Waals surface area contributed by atoms with Crippen LogP contribution >= 0.6 is 11.3 Å². The van der Waals surface area contributed by atoms with Gasteiger partial charge >= 0.3 is 0 Å². The van der Waals surface area contributed by atoms with E-state index in [0.717, 1.165) is 40.7 Å². The van der Waals surface area contributed by atoms with Crippen molar-refractivity contribution in [1.29, 1.82) is 5.26 Å². The van der Waals surface area contributed by atoms with Crippen molar-refractivity contribution < 1.29 is 0 Å². The van der Waals surface area contributed by atoms with E-state index >= 15 is 0 Å². The lowest BCUT2D eigenvalue weighted by atomic mass is 9.52. The molecule has 1 aromatic rings. The summed E-state index contributed by atoms with van der Waals surface area (Å²) in [5.41, 5.74) is 1.04. The van der Waals surface area contributed by atoms with Gasteiger partial charge in [0.15, 0.2) is 0 Å². The molecule has 0 radical (unpaired) electrons. The zero-order valence-electron chi connectivity index (χ0n) is 11.4. The predicted molar refractivity (Wildman–Crippen MR) is 76.0 cm³/mol. The standard InChI is InChI=1S/C16H20N2S/c1-2-13-14(8-17)19-16(18-13)15-11-4-9-3-10(6-11)7-12(15)5-9/h9-12,15H,2-7H2,1H3. The van der Waals surface area contributed by atoms with Gasteiger partial charge in [-0.2, -0.15) is 5.26 Å². The van der Waals surface area contributed by atoms with Gasteiger partial charge in [-0.3, -0.25) is 0 Å². The molecule has 0 aliphatic heterocycles. The van der Waals surface area contributed by atoms with Crippen LogP contribution in [0.1, 0.15) is 60.5 Å². The minimum Gasteiger partial charge on any atom is -0.245 e. The molecule has 4 bridgehead atoms. The summed E-state index contributed by atoms with van der Waals surface area (Å²) in [4.78, 5) is 5.71. The molecule has 100 valence electrons. The van der Waals surface area contributed by atoms with Gasteiger partial charge in [0.2, 0.25) is 0 Å². The molecule has 4 aliphatic carbocycles. The Balaban J connectivity index is 1.69. The first-order valence-corrected chi connectivity index (χ1v) is 8.49. The van der Waals surface area contributed by atoms with Crippen molar-refractivity contribution in [2.24, 2.45) is 23.7 Å². The van der Waals surface area contributed by atoms with E-state index in [1.54, 1.807) is 11.3 Å². The Morgan fingerprint density at radius 2 is 1.79 bits per heavy atom. The first-order chi connectivity index (χ1) is 9.28. The number of rotatable bonds is 2. The van der Waals surface area contributed by atoms with E-state index in [9.17, 15) is 5.26 Å². The third kappa shape index (κ3) is 1.76. The van der Waals surface area contributed by atoms with Crippen LogP contribution in [0.3, 0.4) is 0 Å². The maximum atomic E-state index is 9.23. The van der Waals surface area contributed by atoms with Gasteiger partial charge in [-0.15, -0.1) is 11.3 Å². The number of nitrogens with zero attached hydrogens (tertiary/aromatic N) is 2. The molecule has 5 rings (SSSR count). The maximum absolute atomic E-state index is 9.23. The van der Waals surface area contributed by atoms with E-state index in [2.05, 4.69) is 13.0 Å². The second-order valence-electron chi connectivity index (χ2n) is 6.75. The smallest absolute Gasteiger partial charge is 0.128 e. The zero-order valence-corrected chi connectivity index (χ0v) is 12.2. The third-order valence-electron chi connectivity index (χ3n) is 5.66. The second kappa shape index (κ2) is 4.31. The topological polar surface area (TPSA) is 36.7 Å². The average molecular weight is 272 g/mol. The molecule has 0 aromatic carbocycles. The zero-order chi connectivity index (χ0) is 13.0. The summed E-state index contributed by atoms with van der Waals surface area (Å²) >= 11 is 1.69. The lowest BCUT2D eigenvalue weighted by molar-refractivity contribution is -0.00287. The predicted octanol–water partition coefficient (Wildman–Crippen LogP) is 4.12. The molecule has 0 spiro atoms. The van der Waals surface area contributed by atoms with Crippen molar-refractivity contribution in [3.63, 3.8) is 0 Å². The average Bonchev–Trinajstić information content (AvgIpc) is 2.80. The van der Waals surface area contributed by atoms with E-state index < -0.39 is 0 Å². The largest absolute Gasteiger partial charge is 0.245 e. The van der Waals surface area contributed by atoms with Crippen LogP contribution < -0.4 is 0 Å². The molecule has 1 heterocycles. The Kier molecular flexibility index (Phi) is 2.70. The molecule has 4 saturated carbocycles. The van der Waals surface area contributed by atoms with Crippen LogP contribution in [0.15, 0.2) is 0 Å². The number of hydrogen-bond donors (Lipinski definition) is 0. The van der Waals surface area contributed by atoms with E-state index in [1.807, 2.05) is 0 Å². The number of thiazole rings is 1. The Bertz CT molecular complexity index is 511. The fourth-order valence-electron chi connectivity index (χ4n) is 5.17. The van der Waals surface area contributed by atoms with E-state index in [-0.39, 0.29) is 0 Å². The summed E-state index contributed by atoms with van der Waals surface area (Å²) in [5.74, 6) is 4.46. The molecule has 0 amide bonds. The van der Waals surface area contributed by atoms with Gasteiger partial charge in [0.25, 0.3) is 0 Å². The van der Waals surface area contributed by atoms with Gasteiger partial charge in [-0.25, -0.2) is 4.98 Å². The molecule has 1 aromatic heterocycles. The fourth-order valence-corrected chi connectivity index (χ4v) is 6.41. The van der Waals surface area contributed by atoms with Gasteiger partial charge in [-0.05, 0) is 62.2 Å². The maximum Gasteiger partial charge on any atom is 0.128 e. The highest BCUT2D eigenvalue weighted by atomic mass is 32.1. The van der Waals surface area contributed by atoms with Crippen molar-refractivity contribution in [2.45, 2.75) is 51.4 Å². The minimum atomic E-state index is 0.685. The molecule has 0 atom stereocenters. The molecule has 0 saturated heterocycles. The summed E-state index contributed by atoms with van der Waals surface area (Å²) < 4.78 is 0. The molecule has 2 nitrogen and oxygen atoms in total. The molecule has 4 aliphatic rings. The Hall–Kier alpha value is -0.880. The monoisotopic (exact) mass is 272 g/mol. The molecular formula is C16H20N2S. The molecule has 3 heteroatoms. The number of aryl methyl sites for hydroxylation is 1. The first kappa shape index (κ1) is 11.9. The summed E-state index contributed by atoms with van der Waals surface area (Å²) in [6.07, 6.45) is 8.12. The van der Waals surface area contributed by atoms with Crippen molar-refractivity contribution in [3.8, 4) is 6.07 Å².